The fraction of sp³-hybridized carbons (Fsp3) is 0.542. The fourth-order valence-electron chi connectivity index (χ4n) is 22.4. The maximum absolute atomic E-state index is 13.9. The number of carbonyl (C=O) groups excluding carboxylic acids is 4. The molecule has 0 aliphatic heterocycles. The number of hydrogen-bond donors (Lipinski definition) is 5. The maximum atomic E-state index is 13.9. The normalized spacial score (nSPS) is 29.9. The van der Waals surface area contributed by atoms with E-state index in [0.29, 0.717) is 67.8 Å². The van der Waals surface area contributed by atoms with Gasteiger partial charge in [0.05, 0.1) is 36.3 Å². The second-order valence-corrected chi connectivity index (χ2v) is 32.7. The molecule has 0 radical (unpaired) electrons. The summed E-state index contributed by atoms with van der Waals surface area (Å²) in [5.74, 6) is 4.03. The van der Waals surface area contributed by atoms with E-state index in [0.717, 1.165) is 158 Å². The molecule has 16 nitrogen and oxygen atoms in total. The molecule has 5 unspecified atom stereocenters. The SMILES string of the molecule is CC(NC(=O)c1nn(Cc2ccccc2)c2c1CC(C(=O)O)CC2)C12CC3CC(CC(C3)C1)C2.CCNC(=O)[C@@H]1C2CCC(C2)[C@@H]1NC(=O)c1nn(Cc2ccccc2)c2c1CCCC2.O=C(NC12CC3CC(CC(C3)C1)C2)c1nn(-c2ccc(F)cc2)c2c1CCCC2c1ccccc1. The molecule has 100 heavy (non-hydrogen) atoms. The number of aliphatic carboxylic acids is 1. The number of aromatic nitrogens is 6. The van der Waals surface area contributed by atoms with Crippen LogP contribution < -0.4 is 21.3 Å². The van der Waals surface area contributed by atoms with Crippen molar-refractivity contribution in [3.05, 3.63) is 189 Å². The Bertz CT molecular complexity index is 4110. The number of nitrogens with zero attached hydrogens (tertiary/aromatic N) is 6. The lowest BCUT2D eigenvalue weighted by Gasteiger charge is -2.59. The first-order valence-electron chi connectivity index (χ1n) is 38.2. The van der Waals surface area contributed by atoms with Gasteiger partial charge in [0, 0.05) is 58.2 Å². The van der Waals surface area contributed by atoms with E-state index in [-0.39, 0.29) is 64.3 Å². The minimum absolute atomic E-state index is 0.0160. The van der Waals surface area contributed by atoms with Crippen LogP contribution in [0.15, 0.2) is 115 Å². The average molecular weight is 1350 g/mol. The summed E-state index contributed by atoms with van der Waals surface area (Å²) in [6.45, 7) is 6.05. The molecule has 0 saturated heterocycles. The highest BCUT2D eigenvalue weighted by atomic mass is 19.1. The van der Waals surface area contributed by atoms with Crippen molar-refractivity contribution in [2.45, 2.75) is 211 Å². The minimum atomic E-state index is -0.783. The van der Waals surface area contributed by atoms with E-state index in [1.165, 1.54) is 86.7 Å². The van der Waals surface area contributed by atoms with Crippen molar-refractivity contribution < 1.29 is 33.5 Å². The Kier molecular flexibility index (Phi) is 18.3. The molecule has 4 amide bonds. The van der Waals surface area contributed by atoms with Crippen molar-refractivity contribution in [2.75, 3.05) is 6.54 Å². The molecule has 524 valence electrons. The molecule has 0 spiro atoms. The van der Waals surface area contributed by atoms with Crippen LogP contribution in [0.2, 0.25) is 0 Å². The summed E-state index contributed by atoms with van der Waals surface area (Å²) in [5.41, 5.74) is 12.4. The van der Waals surface area contributed by atoms with Gasteiger partial charge in [0.25, 0.3) is 17.7 Å². The molecule has 3 aromatic heterocycles. The van der Waals surface area contributed by atoms with Crippen LogP contribution in [-0.2, 0) is 54.8 Å². The number of nitrogens with one attached hydrogen (secondary N) is 4. The largest absolute Gasteiger partial charge is 0.481 e. The van der Waals surface area contributed by atoms with Crippen molar-refractivity contribution in [1.82, 2.24) is 50.6 Å². The van der Waals surface area contributed by atoms with Crippen molar-refractivity contribution >= 4 is 29.6 Å². The fourth-order valence-corrected chi connectivity index (χ4v) is 22.4. The number of fused-ring (bicyclic) bond motifs is 5. The number of amides is 4. The van der Waals surface area contributed by atoms with Gasteiger partial charge in [-0.3, -0.25) is 33.3 Å². The predicted octanol–water partition coefficient (Wildman–Crippen LogP) is 13.7. The summed E-state index contributed by atoms with van der Waals surface area (Å²) >= 11 is 0. The van der Waals surface area contributed by atoms with Gasteiger partial charge >= 0.3 is 5.97 Å². The molecule has 7 atom stereocenters. The third-order valence-corrected chi connectivity index (χ3v) is 26.1. The van der Waals surface area contributed by atoms with E-state index in [4.69, 9.17) is 15.3 Å². The molecule has 13 aliphatic carbocycles. The zero-order valence-corrected chi connectivity index (χ0v) is 58.3. The number of carboxylic acid groups (broad SMARTS) is 1. The first-order chi connectivity index (χ1) is 48.6. The van der Waals surface area contributed by atoms with Gasteiger partial charge in [-0.25, -0.2) is 9.07 Å². The van der Waals surface area contributed by atoms with Gasteiger partial charge in [-0.2, -0.15) is 15.3 Å². The van der Waals surface area contributed by atoms with E-state index < -0.39 is 11.9 Å². The molecular formula is C83H99FN10O6. The average Bonchev–Trinajstić information content (AvgIpc) is 1.03. The number of halogens is 1. The van der Waals surface area contributed by atoms with Crippen molar-refractivity contribution in [3.63, 3.8) is 0 Å². The van der Waals surface area contributed by atoms with Crippen LogP contribution in [0.3, 0.4) is 0 Å². The third kappa shape index (κ3) is 13.1. The number of benzene rings is 4. The highest BCUT2D eigenvalue weighted by Crippen LogP contribution is 2.62. The highest BCUT2D eigenvalue weighted by molar-refractivity contribution is 5.96. The molecule has 20 rings (SSSR count). The molecule has 10 fully saturated rings. The summed E-state index contributed by atoms with van der Waals surface area (Å²) in [6.07, 6.45) is 27.2. The minimum Gasteiger partial charge on any atom is -0.481 e. The third-order valence-electron chi connectivity index (χ3n) is 26.1. The molecule has 10 saturated carbocycles. The van der Waals surface area contributed by atoms with Gasteiger partial charge in [0.1, 0.15) is 5.82 Å². The van der Waals surface area contributed by atoms with Crippen LogP contribution in [0, 0.1) is 70.4 Å². The van der Waals surface area contributed by atoms with E-state index in [2.05, 4.69) is 76.7 Å². The van der Waals surface area contributed by atoms with Crippen molar-refractivity contribution in [2.24, 2.45) is 64.6 Å². The Morgan fingerprint density at radius 2 is 1.11 bits per heavy atom. The Morgan fingerprint density at radius 1 is 0.570 bits per heavy atom. The topological polar surface area (TPSA) is 207 Å². The Hall–Kier alpha value is -8.21. The standard InChI is InChI=1S/C30H32FN3O.C28H35N3O3.C25H32N4O2/c31-23-9-11-24(12-10-23)34-28-25(22-5-2-1-3-6-22)7-4-8-26(28)27(33-34)29(35)32-30-16-19-13-20(17-30)15-21(14-19)18-30;1-17(28-13-19-9-20(14-28)11-21(10-19)15-28)29-26(32)25-23-12-22(27(33)34)7-8-24(23)31(30-25)16-18-5-3-2-4-6-18;1-2-26-24(30)21-17-12-13-18(14-17)22(21)27-25(31)23-19-10-6-7-11-20(19)29(28-23)15-16-8-4-3-5-9-16/h1-3,5-6,9-12,19-21,25H,4,7-8,13-18H2,(H,32,35);2-6,17,19-22H,7-16H2,1H3,(H,29,32)(H,33,34);3-5,8-9,17-18,21-22H,2,6-7,10-15H2,1H3,(H,26,30)(H,27,31)/t;;17?,18?,21-,22+/m..1/s1. The first-order valence-corrected chi connectivity index (χ1v) is 38.2. The first kappa shape index (κ1) is 66.3. The number of carbonyl (C=O) groups is 5. The van der Waals surface area contributed by atoms with Crippen LogP contribution in [-0.4, -0.2) is 88.2 Å². The molecule has 4 aromatic carbocycles. The monoisotopic (exact) mass is 1350 g/mol. The summed E-state index contributed by atoms with van der Waals surface area (Å²) in [5, 5.41) is 37.4. The molecule has 7 aromatic rings. The van der Waals surface area contributed by atoms with E-state index in [1.807, 2.05) is 63.4 Å². The zero-order valence-electron chi connectivity index (χ0n) is 58.3. The Morgan fingerprint density at radius 3 is 1.71 bits per heavy atom. The molecule has 13 aliphatic rings. The Balaban J connectivity index is 0.000000117. The maximum Gasteiger partial charge on any atom is 0.306 e. The lowest BCUT2D eigenvalue weighted by Crippen LogP contribution is -2.60. The van der Waals surface area contributed by atoms with Gasteiger partial charge in [-0.15, -0.1) is 0 Å². The van der Waals surface area contributed by atoms with Crippen molar-refractivity contribution in [1.29, 1.82) is 0 Å². The molecule has 10 bridgehead atoms. The lowest BCUT2D eigenvalue weighted by atomic mass is 9.48. The van der Waals surface area contributed by atoms with E-state index >= 15 is 0 Å². The molecular weight excluding hydrogens is 1250 g/mol. The van der Waals surface area contributed by atoms with Crippen molar-refractivity contribution in [3.8, 4) is 5.69 Å². The number of hydrogen-bond acceptors (Lipinski definition) is 8. The van der Waals surface area contributed by atoms with Crippen LogP contribution in [0.25, 0.3) is 5.69 Å². The molecule has 3 heterocycles. The van der Waals surface area contributed by atoms with E-state index in [9.17, 15) is 33.5 Å². The number of rotatable bonds is 16. The zero-order chi connectivity index (χ0) is 68.4. The van der Waals surface area contributed by atoms with Gasteiger partial charge in [-0.1, -0.05) is 91.0 Å². The Labute approximate surface area is 587 Å². The summed E-state index contributed by atoms with van der Waals surface area (Å²) in [6, 6.07) is 37.4. The van der Waals surface area contributed by atoms with Crippen LogP contribution >= 0.6 is 0 Å². The molecule has 17 heteroatoms. The highest BCUT2D eigenvalue weighted by Gasteiger charge is 2.55. The van der Waals surface area contributed by atoms with Crippen LogP contribution in [0.1, 0.15) is 230 Å². The van der Waals surface area contributed by atoms with Crippen LogP contribution in [0.5, 0.6) is 0 Å². The predicted molar refractivity (Wildman–Crippen MR) is 380 cm³/mol. The van der Waals surface area contributed by atoms with Crippen LogP contribution in [0.4, 0.5) is 4.39 Å². The van der Waals surface area contributed by atoms with Gasteiger partial charge in [0.2, 0.25) is 5.91 Å². The number of carboxylic acids is 1. The van der Waals surface area contributed by atoms with Gasteiger partial charge < -0.3 is 26.4 Å². The smallest absolute Gasteiger partial charge is 0.306 e. The lowest BCUT2D eigenvalue weighted by molar-refractivity contribution is -0.142. The summed E-state index contributed by atoms with van der Waals surface area (Å²) in [4.78, 5) is 65.4. The summed E-state index contributed by atoms with van der Waals surface area (Å²) in [7, 11) is 0. The van der Waals surface area contributed by atoms with Gasteiger partial charge in [0.15, 0.2) is 17.1 Å². The second kappa shape index (κ2) is 27.6. The van der Waals surface area contributed by atoms with E-state index in [1.54, 1.807) is 12.1 Å². The van der Waals surface area contributed by atoms with Gasteiger partial charge in [-0.05, 0) is 268 Å². The quantitative estimate of drug-likeness (QED) is 0.0623. The second-order valence-electron chi connectivity index (χ2n) is 32.7. The molecule has 5 N–H and O–H groups in total. The summed E-state index contributed by atoms with van der Waals surface area (Å²) < 4.78 is 19.6.